The van der Waals surface area contributed by atoms with Gasteiger partial charge in [0, 0.05) is 19.4 Å². The maximum atomic E-state index is 11.7. The Bertz CT molecular complexity index is 416. The molecule has 22 heavy (non-hydrogen) atoms. The number of nitrogens with zero attached hydrogens (tertiary/aromatic N) is 3. The number of piperidine rings is 1. The van der Waals surface area contributed by atoms with E-state index in [-0.39, 0.29) is 12.4 Å². The lowest BCUT2D eigenvalue weighted by Crippen LogP contribution is -2.31. The molecule has 2 rings (SSSR count). The Balaban J connectivity index is 0.000000745. The van der Waals surface area contributed by atoms with E-state index in [0.29, 0.717) is 13.0 Å². The van der Waals surface area contributed by atoms with Crippen LogP contribution in [0.5, 0.6) is 0 Å². The van der Waals surface area contributed by atoms with Crippen molar-refractivity contribution in [2.24, 2.45) is 5.92 Å². The average molecular weight is 311 g/mol. The smallest absolute Gasteiger partial charge is 0.290 e. The summed E-state index contributed by atoms with van der Waals surface area (Å²) in [5, 5.41) is 20.1. The van der Waals surface area contributed by atoms with E-state index >= 15 is 0 Å². The molecule has 8 nitrogen and oxygen atoms in total. The van der Waals surface area contributed by atoms with E-state index in [1.54, 1.807) is 6.20 Å². The number of carbonyl (C=O) groups is 2. The number of hydrogen-bond donors (Lipinski definition) is 3. The number of aromatic nitrogens is 3. The second-order valence-corrected chi connectivity index (χ2v) is 5.45. The second kappa shape index (κ2) is 10.7. The van der Waals surface area contributed by atoms with Gasteiger partial charge in [0.25, 0.3) is 6.47 Å². The molecule has 1 aromatic rings. The highest BCUT2D eigenvalue weighted by molar-refractivity contribution is 5.75. The second-order valence-electron chi connectivity index (χ2n) is 5.45. The lowest BCUT2D eigenvalue weighted by Gasteiger charge is -2.28. The number of likely N-dealkylation sites (tertiary alicyclic amines) is 1. The van der Waals surface area contributed by atoms with Gasteiger partial charge in [-0.25, -0.2) is 0 Å². The predicted octanol–water partition coefficient (Wildman–Crippen LogP) is 0.286. The fourth-order valence-electron chi connectivity index (χ4n) is 2.45. The van der Waals surface area contributed by atoms with Crippen molar-refractivity contribution < 1.29 is 14.7 Å². The van der Waals surface area contributed by atoms with Gasteiger partial charge in [0.05, 0.1) is 11.9 Å². The number of aromatic amines is 1. The van der Waals surface area contributed by atoms with E-state index < -0.39 is 0 Å². The van der Waals surface area contributed by atoms with Crippen LogP contribution < -0.4 is 5.32 Å². The molecule has 1 saturated heterocycles. The van der Waals surface area contributed by atoms with Crippen LogP contribution in [0.4, 0.5) is 0 Å². The van der Waals surface area contributed by atoms with Crippen LogP contribution >= 0.6 is 0 Å². The third kappa shape index (κ3) is 7.72. The summed E-state index contributed by atoms with van der Waals surface area (Å²) < 4.78 is 0. The third-order valence-corrected chi connectivity index (χ3v) is 3.79. The predicted molar refractivity (Wildman–Crippen MR) is 81.2 cm³/mol. The van der Waals surface area contributed by atoms with Crippen LogP contribution in [0.15, 0.2) is 6.20 Å². The van der Waals surface area contributed by atoms with Crippen molar-refractivity contribution in [3.63, 3.8) is 0 Å². The summed E-state index contributed by atoms with van der Waals surface area (Å²) >= 11 is 0. The van der Waals surface area contributed by atoms with Crippen molar-refractivity contribution >= 4 is 12.4 Å². The first-order valence-electron chi connectivity index (χ1n) is 7.53. The molecule has 0 aliphatic carbocycles. The number of hydrogen-bond acceptors (Lipinski definition) is 5. The van der Waals surface area contributed by atoms with Crippen molar-refractivity contribution in [1.82, 2.24) is 25.6 Å². The minimum absolute atomic E-state index is 0.155. The van der Waals surface area contributed by atoms with E-state index in [1.165, 1.54) is 25.9 Å². The van der Waals surface area contributed by atoms with Gasteiger partial charge >= 0.3 is 0 Å². The van der Waals surface area contributed by atoms with Crippen molar-refractivity contribution in [2.75, 3.05) is 26.7 Å². The SMILES string of the molecule is CN1CCC(CCC(=O)NCCc2cn[nH]n2)CC1.O=CO. The zero-order chi connectivity index (χ0) is 16.2. The fourth-order valence-corrected chi connectivity index (χ4v) is 2.45. The largest absolute Gasteiger partial charge is 0.483 e. The molecule has 0 bridgehead atoms. The van der Waals surface area contributed by atoms with Crippen LogP contribution in [0.2, 0.25) is 0 Å². The summed E-state index contributed by atoms with van der Waals surface area (Å²) in [7, 11) is 2.16. The van der Waals surface area contributed by atoms with Gasteiger partial charge in [-0.3, -0.25) is 9.59 Å². The number of nitrogens with one attached hydrogen (secondary N) is 2. The summed E-state index contributed by atoms with van der Waals surface area (Å²) in [6, 6.07) is 0. The number of amides is 1. The fraction of sp³-hybridized carbons (Fsp3) is 0.714. The van der Waals surface area contributed by atoms with Crippen LogP contribution in [0.25, 0.3) is 0 Å². The van der Waals surface area contributed by atoms with E-state index in [4.69, 9.17) is 9.90 Å². The van der Waals surface area contributed by atoms with Crippen molar-refractivity contribution in [1.29, 1.82) is 0 Å². The molecule has 0 saturated carbocycles. The molecule has 1 aliphatic heterocycles. The summed E-state index contributed by atoms with van der Waals surface area (Å²) in [5.41, 5.74) is 0.885. The number of rotatable bonds is 6. The van der Waals surface area contributed by atoms with E-state index in [0.717, 1.165) is 24.5 Å². The highest BCUT2D eigenvalue weighted by Gasteiger charge is 2.17. The van der Waals surface area contributed by atoms with Crippen LogP contribution in [0.3, 0.4) is 0 Å². The molecule has 1 fully saturated rings. The topological polar surface area (TPSA) is 111 Å². The highest BCUT2D eigenvalue weighted by Crippen LogP contribution is 2.20. The molecule has 0 aromatic carbocycles. The summed E-state index contributed by atoms with van der Waals surface area (Å²) in [5.74, 6) is 0.875. The molecule has 0 spiro atoms. The molecular formula is C14H25N5O3. The molecule has 0 atom stereocenters. The lowest BCUT2D eigenvalue weighted by molar-refractivity contribution is -0.123. The number of carboxylic acid groups (broad SMARTS) is 1. The van der Waals surface area contributed by atoms with Crippen LogP contribution in [-0.4, -0.2) is 64.5 Å². The normalized spacial score (nSPS) is 15.7. The van der Waals surface area contributed by atoms with E-state index in [1.807, 2.05) is 0 Å². The minimum Gasteiger partial charge on any atom is -0.483 e. The molecular weight excluding hydrogens is 286 g/mol. The van der Waals surface area contributed by atoms with Gasteiger partial charge in [0.15, 0.2) is 0 Å². The maximum Gasteiger partial charge on any atom is 0.290 e. The molecule has 3 N–H and O–H groups in total. The molecule has 1 amide bonds. The van der Waals surface area contributed by atoms with E-state index in [2.05, 4.69) is 32.7 Å². The van der Waals surface area contributed by atoms with Gasteiger partial charge in [0.1, 0.15) is 0 Å². The molecule has 0 radical (unpaired) electrons. The van der Waals surface area contributed by atoms with Crippen molar-refractivity contribution in [2.45, 2.75) is 32.1 Å². The summed E-state index contributed by atoms with van der Waals surface area (Å²) in [6.45, 7) is 2.72. The quantitative estimate of drug-likeness (QED) is 0.651. The Morgan fingerprint density at radius 3 is 2.82 bits per heavy atom. The Morgan fingerprint density at radius 1 is 1.55 bits per heavy atom. The van der Waals surface area contributed by atoms with Gasteiger partial charge in [-0.15, -0.1) is 0 Å². The van der Waals surface area contributed by atoms with Gasteiger partial charge < -0.3 is 15.3 Å². The standard InChI is InChI=1S/C13H23N5O.CH2O2/c1-18-8-5-11(6-9-18)2-3-13(19)14-7-4-12-10-15-17-16-12;2-1-3/h10-11H,2-9H2,1H3,(H,14,19)(H,15,16,17);1H,(H,2,3). The zero-order valence-electron chi connectivity index (χ0n) is 13.0. The van der Waals surface area contributed by atoms with E-state index in [9.17, 15) is 4.79 Å². The number of carbonyl (C=O) groups excluding carboxylic acids is 1. The zero-order valence-corrected chi connectivity index (χ0v) is 13.0. The Kier molecular flexibility index (Phi) is 8.82. The Labute approximate surface area is 130 Å². The van der Waals surface area contributed by atoms with Crippen LogP contribution in [-0.2, 0) is 16.0 Å². The Morgan fingerprint density at radius 2 is 2.23 bits per heavy atom. The first-order valence-corrected chi connectivity index (χ1v) is 7.53. The van der Waals surface area contributed by atoms with Gasteiger partial charge in [0.2, 0.25) is 5.91 Å². The first-order chi connectivity index (χ1) is 10.7. The Hall–Kier alpha value is -1.96. The lowest BCUT2D eigenvalue weighted by atomic mass is 9.92. The van der Waals surface area contributed by atoms with Gasteiger partial charge in [-0.05, 0) is 45.3 Å². The average Bonchev–Trinajstić information content (AvgIpc) is 3.01. The first kappa shape index (κ1) is 18.1. The number of H-pyrrole nitrogens is 1. The molecule has 0 unspecified atom stereocenters. The minimum atomic E-state index is -0.250. The molecule has 8 heteroatoms. The summed E-state index contributed by atoms with van der Waals surface area (Å²) in [6.07, 6.45) is 6.53. The third-order valence-electron chi connectivity index (χ3n) is 3.79. The van der Waals surface area contributed by atoms with Gasteiger partial charge in [-0.1, -0.05) is 0 Å². The summed E-state index contributed by atoms with van der Waals surface area (Å²) in [4.78, 5) is 22.4. The van der Waals surface area contributed by atoms with Crippen molar-refractivity contribution in [3.05, 3.63) is 11.9 Å². The maximum absolute atomic E-state index is 11.7. The molecule has 124 valence electrons. The monoisotopic (exact) mass is 311 g/mol. The van der Waals surface area contributed by atoms with Crippen LogP contribution in [0.1, 0.15) is 31.4 Å². The molecule has 1 aromatic heterocycles. The van der Waals surface area contributed by atoms with Crippen molar-refractivity contribution in [3.8, 4) is 0 Å². The highest BCUT2D eigenvalue weighted by atomic mass is 16.3. The molecule has 1 aliphatic rings. The van der Waals surface area contributed by atoms with Gasteiger partial charge in [-0.2, -0.15) is 15.4 Å². The molecule has 2 heterocycles. The van der Waals surface area contributed by atoms with Crippen LogP contribution in [0, 0.1) is 5.92 Å².